The van der Waals surface area contributed by atoms with Gasteiger partial charge in [-0.3, -0.25) is 0 Å². The highest BCUT2D eigenvalue weighted by Gasteiger charge is 2.04. The molecule has 0 aromatic heterocycles. The molecule has 3 nitrogen and oxygen atoms in total. The summed E-state index contributed by atoms with van der Waals surface area (Å²) in [5.74, 6) is -0.899. The smallest absolute Gasteiger partial charge is 0.335 e. The summed E-state index contributed by atoms with van der Waals surface area (Å²) in [6.45, 7) is 2.60. The molecule has 0 fully saturated rings. The van der Waals surface area contributed by atoms with Gasteiger partial charge in [0.25, 0.3) is 0 Å². The van der Waals surface area contributed by atoms with Gasteiger partial charge in [-0.15, -0.1) is 0 Å². The zero-order valence-corrected chi connectivity index (χ0v) is 11.3. The number of carboxylic acids is 1. The molecule has 2 aromatic rings. The summed E-state index contributed by atoms with van der Waals surface area (Å²) in [4.78, 5) is 10.9. The van der Waals surface area contributed by atoms with Crippen molar-refractivity contribution in [3.05, 3.63) is 71.3 Å². The van der Waals surface area contributed by atoms with Gasteiger partial charge in [0.05, 0.1) is 5.56 Å². The van der Waals surface area contributed by atoms with Crippen molar-refractivity contribution in [1.29, 1.82) is 0 Å². The van der Waals surface area contributed by atoms with E-state index in [0.717, 1.165) is 16.8 Å². The topological polar surface area (TPSA) is 49.3 Å². The van der Waals surface area contributed by atoms with Crippen molar-refractivity contribution >= 4 is 17.7 Å². The Hall–Kier alpha value is -2.55. The van der Waals surface area contributed by atoms with Crippen molar-refractivity contribution in [2.24, 2.45) is 0 Å². The van der Waals surface area contributed by atoms with E-state index in [9.17, 15) is 4.79 Å². The predicted molar refractivity (Wildman–Crippen MR) is 82.1 cm³/mol. The van der Waals surface area contributed by atoms with Crippen LogP contribution in [0.25, 0.3) is 6.08 Å². The van der Waals surface area contributed by atoms with E-state index < -0.39 is 5.97 Å². The number of aromatic carboxylic acids is 1. The van der Waals surface area contributed by atoms with Crippen LogP contribution >= 0.6 is 0 Å². The molecule has 0 heterocycles. The third-order valence-electron chi connectivity index (χ3n) is 2.99. The van der Waals surface area contributed by atoms with Gasteiger partial charge in [0.2, 0.25) is 0 Å². The number of anilines is 1. The average molecular weight is 267 g/mol. The number of benzene rings is 2. The Morgan fingerprint density at radius 3 is 2.60 bits per heavy atom. The van der Waals surface area contributed by atoms with Crippen molar-refractivity contribution in [2.45, 2.75) is 6.92 Å². The molecule has 0 unspecified atom stereocenters. The number of hydrogen-bond donors (Lipinski definition) is 2. The second-order valence-corrected chi connectivity index (χ2v) is 4.53. The van der Waals surface area contributed by atoms with Gasteiger partial charge < -0.3 is 10.4 Å². The molecule has 2 N–H and O–H groups in total. The van der Waals surface area contributed by atoms with E-state index in [1.165, 1.54) is 0 Å². The van der Waals surface area contributed by atoms with E-state index in [0.29, 0.717) is 12.1 Å². The highest BCUT2D eigenvalue weighted by atomic mass is 16.4. The molecule has 0 saturated heterocycles. The first-order valence-corrected chi connectivity index (χ1v) is 6.46. The molecule has 0 atom stereocenters. The first kappa shape index (κ1) is 13.9. The highest BCUT2D eigenvalue weighted by molar-refractivity contribution is 5.88. The van der Waals surface area contributed by atoms with Crippen molar-refractivity contribution < 1.29 is 9.90 Å². The molecule has 0 saturated carbocycles. The Balaban J connectivity index is 1.94. The molecule has 102 valence electrons. The van der Waals surface area contributed by atoms with Crippen LogP contribution in [-0.4, -0.2) is 17.6 Å². The molecule has 0 aliphatic rings. The Morgan fingerprint density at radius 2 is 1.95 bits per heavy atom. The maximum absolute atomic E-state index is 10.9. The maximum Gasteiger partial charge on any atom is 0.335 e. The van der Waals surface area contributed by atoms with Gasteiger partial charge in [0, 0.05) is 12.2 Å². The quantitative estimate of drug-likeness (QED) is 0.865. The minimum Gasteiger partial charge on any atom is -0.478 e. The monoisotopic (exact) mass is 267 g/mol. The lowest BCUT2D eigenvalue weighted by Crippen LogP contribution is -2.02. The molecule has 0 radical (unpaired) electrons. The van der Waals surface area contributed by atoms with Crippen LogP contribution in [0.4, 0.5) is 5.69 Å². The van der Waals surface area contributed by atoms with Gasteiger partial charge in [-0.25, -0.2) is 4.79 Å². The van der Waals surface area contributed by atoms with Crippen molar-refractivity contribution in [3.8, 4) is 0 Å². The van der Waals surface area contributed by atoms with Crippen LogP contribution in [0.5, 0.6) is 0 Å². The van der Waals surface area contributed by atoms with Crippen molar-refractivity contribution in [3.63, 3.8) is 0 Å². The molecule has 0 aliphatic heterocycles. The fourth-order valence-electron chi connectivity index (χ4n) is 1.92. The van der Waals surface area contributed by atoms with Crippen LogP contribution in [0.2, 0.25) is 0 Å². The first-order chi connectivity index (χ1) is 9.66. The standard InChI is InChI=1S/C17H17NO2/c1-13-12-15(17(19)20)9-10-16(13)18-11-5-8-14-6-3-2-4-7-14/h2-10,12,18H,11H2,1H3,(H,19,20)/b8-5+. The maximum atomic E-state index is 10.9. The Morgan fingerprint density at radius 1 is 1.20 bits per heavy atom. The minimum absolute atomic E-state index is 0.313. The molecule has 2 aromatic carbocycles. The van der Waals surface area contributed by atoms with Crippen LogP contribution in [-0.2, 0) is 0 Å². The number of rotatable bonds is 5. The molecule has 0 spiro atoms. The zero-order chi connectivity index (χ0) is 14.4. The summed E-state index contributed by atoms with van der Waals surface area (Å²) in [7, 11) is 0. The lowest BCUT2D eigenvalue weighted by molar-refractivity contribution is 0.0697. The lowest BCUT2D eigenvalue weighted by Gasteiger charge is -2.08. The van der Waals surface area contributed by atoms with E-state index in [1.54, 1.807) is 18.2 Å². The van der Waals surface area contributed by atoms with Crippen LogP contribution in [0.3, 0.4) is 0 Å². The van der Waals surface area contributed by atoms with Gasteiger partial charge in [-0.05, 0) is 36.2 Å². The fourth-order valence-corrected chi connectivity index (χ4v) is 1.92. The predicted octanol–water partition coefficient (Wildman–Crippen LogP) is 3.82. The summed E-state index contributed by atoms with van der Waals surface area (Å²) >= 11 is 0. The van der Waals surface area contributed by atoms with E-state index in [2.05, 4.69) is 5.32 Å². The van der Waals surface area contributed by atoms with E-state index in [-0.39, 0.29) is 0 Å². The Kier molecular flexibility index (Phi) is 4.56. The second-order valence-electron chi connectivity index (χ2n) is 4.53. The number of hydrogen-bond acceptors (Lipinski definition) is 2. The normalized spacial score (nSPS) is 10.7. The van der Waals surface area contributed by atoms with Gasteiger partial charge >= 0.3 is 5.97 Å². The Labute approximate surface area is 118 Å². The first-order valence-electron chi connectivity index (χ1n) is 6.46. The summed E-state index contributed by atoms with van der Waals surface area (Å²) in [6.07, 6.45) is 4.09. The molecule has 3 heteroatoms. The van der Waals surface area contributed by atoms with E-state index in [1.807, 2.05) is 49.4 Å². The number of nitrogens with one attached hydrogen (secondary N) is 1. The summed E-state index contributed by atoms with van der Waals surface area (Å²) in [5, 5.41) is 12.2. The summed E-state index contributed by atoms with van der Waals surface area (Å²) in [6, 6.07) is 15.2. The van der Waals surface area contributed by atoms with Crippen LogP contribution in [0, 0.1) is 6.92 Å². The van der Waals surface area contributed by atoms with Crippen LogP contribution in [0.1, 0.15) is 21.5 Å². The molecule has 20 heavy (non-hydrogen) atoms. The molecular formula is C17H17NO2. The lowest BCUT2D eigenvalue weighted by atomic mass is 10.1. The molecule has 0 bridgehead atoms. The van der Waals surface area contributed by atoms with Crippen molar-refractivity contribution in [2.75, 3.05) is 11.9 Å². The third kappa shape index (κ3) is 3.72. The SMILES string of the molecule is Cc1cc(C(=O)O)ccc1NC/C=C/c1ccccc1. The van der Waals surface area contributed by atoms with Gasteiger partial charge in [0.15, 0.2) is 0 Å². The number of carbonyl (C=O) groups is 1. The fraction of sp³-hybridized carbons (Fsp3) is 0.118. The average Bonchev–Trinajstić information content (AvgIpc) is 2.46. The molecule has 2 rings (SSSR count). The van der Waals surface area contributed by atoms with Gasteiger partial charge in [-0.1, -0.05) is 42.5 Å². The summed E-state index contributed by atoms with van der Waals surface area (Å²) < 4.78 is 0. The zero-order valence-electron chi connectivity index (χ0n) is 11.3. The molecular weight excluding hydrogens is 250 g/mol. The van der Waals surface area contributed by atoms with Crippen molar-refractivity contribution in [1.82, 2.24) is 0 Å². The highest BCUT2D eigenvalue weighted by Crippen LogP contribution is 2.16. The number of carboxylic acid groups (broad SMARTS) is 1. The summed E-state index contributed by atoms with van der Waals surface area (Å²) in [5.41, 5.74) is 3.35. The minimum atomic E-state index is -0.899. The second kappa shape index (κ2) is 6.57. The molecule has 0 amide bonds. The Bertz CT molecular complexity index is 618. The van der Waals surface area contributed by atoms with E-state index in [4.69, 9.17) is 5.11 Å². The van der Waals surface area contributed by atoms with Gasteiger partial charge in [0.1, 0.15) is 0 Å². The van der Waals surface area contributed by atoms with Crippen LogP contribution < -0.4 is 5.32 Å². The van der Waals surface area contributed by atoms with Gasteiger partial charge in [-0.2, -0.15) is 0 Å². The van der Waals surface area contributed by atoms with E-state index >= 15 is 0 Å². The molecule has 0 aliphatic carbocycles. The van der Waals surface area contributed by atoms with Crippen LogP contribution in [0.15, 0.2) is 54.6 Å². The third-order valence-corrected chi connectivity index (χ3v) is 2.99. The largest absolute Gasteiger partial charge is 0.478 e. The number of aryl methyl sites for hydroxylation is 1.